The van der Waals surface area contributed by atoms with Crippen molar-refractivity contribution in [1.82, 2.24) is 19.4 Å². The number of nitrogens with one attached hydrogen (secondary N) is 1. The number of aromatic nitrogens is 3. The summed E-state index contributed by atoms with van der Waals surface area (Å²) < 4.78 is 54.3. The number of alkyl halides is 3. The Balaban J connectivity index is 1.28. The number of piperidine rings is 1. The highest BCUT2D eigenvalue weighted by Crippen LogP contribution is 2.59. The summed E-state index contributed by atoms with van der Waals surface area (Å²) in [5.74, 6) is -0.455. The number of likely N-dealkylation sites (tertiary alicyclic amines) is 1. The highest BCUT2D eigenvalue weighted by Gasteiger charge is 2.60. The van der Waals surface area contributed by atoms with E-state index in [4.69, 9.17) is 11.6 Å². The van der Waals surface area contributed by atoms with Crippen LogP contribution in [-0.4, -0.2) is 39.1 Å². The maximum Gasteiger partial charge on any atom is 0.416 e. The largest absolute Gasteiger partial charge is 0.416 e. The van der Waals surface area contributed by atoms with E-state index in [1.807, 2.05) is 0 Å². The van der Waals surface area contributed by atoms with Gasteiger partial charge in [-0.2, -0.15) is 17.6 Å². The normalized spacial score (nSPS) is 21.8. The molecule has 6 nitrogen and oxygen atoms in total. The molecule has 5 rings (SSSR count). The number of rotatable bonds is 6. The lowest BCUT2D eigenvalue weighted by Crippen LogP contribution is -2.33. The molecule has 0 bridgehead atoms. The van der Waals surface area contributed by atoms with Crippen LogP contribution in [0.2, 0.25) is 5.02 Å². The van der Waals surface area contributed by atoms with Gasteiger partial charge in [-0.3, -0.25) is 14.3 Å². The molecule has 0 radical (unpaired) electrons. The highest BCUT2D eigenvalue weighted by atomic mass is 35.5. The minimum Gasteiger partial charge on any atom is -0.302 e. The van der Waals surface area contributed by atoms with Crippen LogP contribution in [0, 0.1) is 11.9 Å². The van der Waals surface area contributed by atoms with Gasteiger partial charge >= 0.3 is 11.9 Å². The van der Waals surface area contributed by atoms with E-state index < -0.39 is 28.9 Å². The number of nitrogens with zero attached hydrogens (tertiary/aromatic N) is 3. The highest BCUT2D eigenvalue weighted by molar-refractivity contribution is 6.30. The third-order valence-electron chi connectivity index (χ3n) is 6.98. The molecule has 2 aromatic heterocycles. The number of hydrogen-bond acceptors (Lipinski definition) is 4. The Morgan fingerprint density at radius 3 is 2.60 bits per heavy atom. The predicted molar refractivity (Wildman–Crippen MR) is 122 cm³/mol. The van der Waals surface area contributed by atoms with Gasteiger partial charge in [0, 0.05) is 37.3 Å². The van der Waals surface area contributed by atoms with Crippen LogP contribution in [0.4, 0.5) is 17.6 Å². The van der Waals surface area contributed by atoms with Crippen LogP contribution in [0.3, 0.4) is 0 Å². The first kappa shape index (κ1) is 23.7. The Morgan fingerprint density at radius 1 is 1.14 bits per heavy atom. The van der Waals surface area contributed by atoms with Gasteiger partial charge < -0.3 is 4.90 Å². The molecular weight excluding hydrogens is 488 g/mol. The Kier molecular flexibility index (Phi) is 5.83. The van der Waals surface area contributed by atoms with E-state index in [0.29, 0.717) is 18.9 Å². The molecular formula is C24H21ClF4N4O2. The van der Waals surface area contributed by atoms with Crippen molar-refractivity contribution in [2.45, 2.75) is 31.0 Å². The second-order valence-electron chi connectivity index (χ2n) is 9.19. The van der Waals surface area contributed by atoms with E-state index in [1.54, 1.807) is 12.1 Å². The summed E-state index contributed by atoms with van der Waals surface area (Å²) in [4.78, 5) is 32.4. The third kappa shape index (κ3) is 4.52. The molecule has 1 saturated carbocycles. The Labute approximate surface area is 202 Å². The van der Waals surface area contributed by atoms with Crippen LogP contribution < -0.4 is 11.2 Å². The van der Waals surface area contributed by atoms with E-state index in [0.717, 1.165) is 49.5 Å². The van der Waals surface area contributed by atoms with Crippen molar-refractivity contribution in [3.8, 4) is 11.3 Å². The lowest BCUT2D eigenvalue weighted by Gasteiger charge is -2.22. The van der Waals surface area contributed by atoms with Crippen molar-refractivity contribution in [3.63, 3.8) is 0 Å². The average molecular weight is 509 g/mol. The quantitative estimate of drug-likeness (QED) is 0.402. The molecule has 2 atom stereocenters. The molecule has 2 fully saturated rings. The molecule has 3 aromatic rings. The number of fused-ring (bicyclic) bond motifs is 1. The van der Waals surface area contributed by atoms with Crippen LogP contribution in [-0.2, 0) is 18.1 Å². The van der Waals surface area contributed by atoms with Crippen LogP contribution in [0.25, 0.3) is 11.3 Å². The zero-order chi connectivity index (χ0) is 25.0. The van der Waals surface area contributed by atoms with Gasteiger partial charge in [-0.15, -0.1) is 0 Å². The predicted octanol–water partition coefficient (Wildman–Crippen LogP) is 4.07. The average Bonchev–Trinajstić information content (AvgIpc) is 3.37. The summed E-state index contributed by atoms with van der Waals surface area (Å²) in [6, 6.07) is 7.88. The molecule has 0 unspecified atom stereocenters. The van der Waals surface area contributed by atoms with Crippen LogP contribution in [0.5, 0.6) is 0 Å². The Bertz CT molecular complexity index is 1390. The van der Waals surface area contributed by atoms with Crippen LogP contribution in [0.1, 0.15) is 24.0 Å². The second-order valence-corrected chi connectivity index (χ2v) is 9.62. The Morgan fingerprint density at radius 2 is 1.89 bits per heavy atom. The van der Waals surface area contributed by atoms with Gasteiger partial charge in [0.25, 0.3) is 5.56 Å². The van der Waals surface area contributed by atoms with Gasteiger partial charge in [-0.05, 0) is 49.1 Å². The van der Waals surface area contributed by atoms with Crippen molar-refractivity contribution < 1.29 is 17.6 Å². The van der Waals surface area contributed by atoms with Crippen molar-refractivity contribution in [1.29, 1.82) is 0 Å². The van der Waals surface area contributed by atoms with Crippen molar-refractivity contribution in [2.75, 3.05) is 19.6 Å². The number of aromatic amines is 1. The smallest absolute Gasteiger partial charge is 0.302 e. The fourth-order valence-corrected chi connectivity index (χ4v) is 5.37. The van der Waals surface area contributed by atoms with E-state index in [9.17, 15) is 27.2 Å². The van der Waals surface area contributed by atoms with Gasteiger partial charge in [-0.25, -0.2) is 9.78 Å². The summed E-state index contributed by atoms with van der Waals surface area (Å²) in [6.07, 6.45) is -1.73. The summed E-state index contributed by atoms with van der Waals surface area (Å²) in [5, 5.41) is 0.172. The van der Waals surface area contributed by atoms with E-state index >= 15 is 0 Å². The summed E-state index contributed by atoms with van der Waals surface area (Å²) in [6.45, 7) is 2.41. The third-order valence-corrected chi connectivity index (χ3v) is 7.18. The van der Waals surface area contributed by atoms with Gasteiger partial charge in [0.15, 0.2) is 0 Å². The first-order chi connectivity index (χ1) is 16.6. The molecule has 1 aliphatic carbocycles. The zero-order valence-corrected chi connectivity index (χ0v) is 19.2. The number of hydrogen-bond donors (Lipinski definition) is 1. The van der Waals surface area contributed by atoms with Gasteiger partial charge in [0.2, 0.25) is 5.95 Å². The fourth-order valence-electron chi connectivity index (χ4n) is 5.22. The lowest BCUT2D eigenvalue weighted by molar-refractivity contribution is -0.137. The van der Waals surface area contributed by atoms with E-state index in [2.05, 4.69) is 14.9 Å². The van der Waals surface area contributed by atoms with Gasteiger partial charge in [-0.1, -0.05) is 23.7 Å². The first-order valence-electron chi connectivity index (χ1n) is 11.1. The van der Waals surface area contributed by atoms with Crippen molar-refractivity contribution >= 4 is 11.6 Å². The fraction of sp³-hybridized carbons (Fsp3) is 0.375. The SMILES string of the molecule is O=c1cc(-c2cc(Cl)cnc2F)n(CCCN2C[C@@H]3C[C@]3(c3ccc(C(F)(F)F)cc3)C2)c(=O)[nH]1. The minimum atomic E-state index is -4.36. The number of pyridine rings is 1. The molecule has 1 aromatic carbocycles. The summed E-state index contributed by atoms with van der Waals surface area (Å²) in [5.41, 5.74) is -1.11. The minimum absolute atomic E-state index is 0.0376. The second kappa shape index (κ2) is 8.60. The molecule has 35 heavy (non-hydrogen) atoms. The standard InChI is InChI=1S/C24H21ClF4N4O2/c25-17-8-18(21(26)30-11-17)19-9-20(34)31-22(35)33(19)7-1-6-32-12-16-10-23(16,13-32)14-2-4-15(5-3-14)24(27,28)29/h2-5,8-9,11,16H,1,6-7,10,12-13H2,(H,31,34,35)/t16-,23+/m0/s1. The lowest BCUT2D eigenvalue weighted by atomic mass is 9.94. The van der Waals surface area contributed by atoms with Gasteiger partial charge in [0.05, 0.1) is 21.8 Å². The van der Waals surface area contributed by atoms with Crippen molar-refractivity contribution in [2.24, 2.45) is 5.92 Å². The molecule has 11 heteroatoms. The maximum atomic E-state index is 14.3. The molecule has 1 saturated heterocycles. The molecule has 0 spiro atoms. The zero-order valence-electron chi connectivity index (χ0n) is 18.4. The molecule has 184 valence electrons. The summed E-state index contributed by atoms with van der Waals surface area (Å²) in [7, 11) is 0. The Hall–Kier alpha value is -2.98. The maximum absolute atomic E-state index is 14.3. The topological polar surface area (TPSA) is 71.0 Å². The summed E-state index contributed by atoms with van der Waals surface area (Å²) >= 11 is 5.94. The molecule has 3 heterocycles. The van der Waals surface area contributed by atoms with Crippen LogP contribution in [0.15, 0.2) is 52.2 Å². The number of H-pyrrole nitrogens is 1. The molecule has 1 aliphatic heterocycles. The number of benzene rings is 1. The first-order valence-corrected chi connectivity index (χ1v) is 11.5. The molecule has 0 amide bonds. The molecule has 1 N–H and O–H groups in total. The van der Waals surface area contributed by atoms with E-state index in [-0.39, 0.29) is 28.2 Å². The monoisotopic (exact) mass is 508 g/mol. The molecule has 2 aliphatic rings. The van der Waals surface area contributed by atoms with E-state index in [1.165, 1.54) is 10.6 Å². The van der Waals surface area contributed by atoms with Crippen LogP contribution >= 0.6 is 11.6 Å². The van der Waals surface area contributed by atoms with Gasteiger partial charge in [0.1, 0.15) is 0 Å². The van der Waals surface area contributed by atoms with Crippen molar-refractivity contribution in [3.05, 3.63) is 85.5 Å². The number of halogens is 5.